The molecule has 1 aliphatic rings. The SMILES string of the molecule is O=C(O)C1CCCN(CCON=Cc2ccccc2-c2ccc(Cl)cc2Cl)C1. The van der Waals surface area contributed by atoms with E-state index in [0.29, 0.717) is 29.7 Å². The summed E-state index contributed by atoms with van der Waals surface area (Å²) in [7, 11) is 0. The van der Waals surface area contributed by atoms with Gasteiger partial charge in [0.1, 0.15) is 6.61 Å². The second-order valence-corrected chi connectivity index (χ2v) is 7.60. The van der Waals surface area contributed by atoms with Gasteiger partial charge in [0.2, 0.25) is 0 Å². The van der Waals surface area contributed by atoms with E-state index in [9.17, 15) is 4.79 Å². The summed E-state index contributed by atoms with van der Waals surface area (Å²) in [6.07, 6.45) is 3.31. The van der Waals surface area contributed by atoms with E-state index < -0.39 is 5.97 Å². The molecule has 0 bridgehead atoms. The lowest BCUT2D eigenvalue weighted by Crippen LogP contribution is -2.40. The first-order valence-electron chi connectivity index (χ1n) is 9.19. The van der Waals surface area contributed by atoms with E-state index in [0.717, 1.165) is 36.1 Å². The minimum atomic E-state index is -0.721. The van der Waals surface area contributed by atoms with E-state index in [2.05, 4.69) is 10.1 Å². The van der Waals surface area contributed by atoms with E-state index in [1.807, 2.05) is 30.3 Å². The van der Waals surface area contributed by atoms with Crippen LogP contribution in [0.3, 0.4) is 0 Å². The number of oxime groups is 1. The van der Waals surface area contributed by atoms with Gasteiger partial charge >= 0.3 is 5.97 Å². The van der Waals surface area contributed by atoms with Gasteiger partial charge in [0.05, 0.1) is 12.1 Å². The lowest BCUT2D eigenvalue weighted by molar-refractivity contribution is -0.143. The number of aliphatic carboxylic acids is 1. The highest BCUT2D eigenvalue weighted by Crippen LogP contribution is 2.32. The number of rotatable bonds is 7. The third kappa shape index (κ3) is 5.47. The van der Waals surface area contributed by atoms with Crippen LogP contribution < -0.4 is 0 Å². The van der Waals surface area contributed by atoms with E-state index in [1.165, 1.54) is 0 Å². The number of halogens is 2. The average molecular weight is 421 g/mol. The molecule has 28 heavy (non-hydrogen) atoms. The molecule has 0 spiro atoms. The molecule has 2 aromatic carbocycles. The Labute approximate surface area is 174 Å². The van der Waals surface area contributed by atoms with Gasteiger partial charge in [0.25, 0.3) is 0 Å². The van der Waals surface area contributed by atoms with Crippen LogP contribution in [0.25, 0.3) is 11.1 Å². The summed E-state index contributed by atoms with van der Waals surface area (Å²) in [5, 5.41) is 14.4. The summed E-state index contributed by atoms with van der Waals surface area (Å²) in [6.45, 7) is 2.54. The predicted octanol–water partition coefficient (Wildman–Crippen LogP) is 4.81. The fourth-order valence-corrected chi connectivity index (χ4v) is 3.85. The molecule has 1 fully saturated rings. The summed E-state index contributed by atoms with van der Waals surface area (Å²) < 4.78 is 0. The van der Waals surface area contributed by atoms with Gasteiger partial charge in [-0.05, 0) is 37.1 Å². The number of hydrogen-bond acceptors (Lipinski definition) is 4. The number of carboxylic acids is 1. The first-order valence-corrected chi connectivity index (χ1v) is 9.95. The highest BCUT2D eigenvalue weighted by Gasteiger charge is 2.24. The lowest BCUT2D eigenvalue weighted by Gasteiger charge is -2.29. The standard InChI is InChI=1S/C21H22Cl2N2O3/c22-17-7-8-19(20(23)12-17)18-6-2-1-4-15(18)13-24-28-11-10-25-9-3-5-16(14-25)21(26)27/h1-2,4,6-8,12-13,16H,3,5,9-11,14H2,(H,26,27). The molecule has 5 nitrogen and oxygen atoms in total. The highest BCUT2D eigenvalue weighted by atomic mass is 35.5. The minimum absolute atomic E-state index is 0.284. The normalized spacial score (nSPS) is 17.7. The van der Waals surface area contributed by atoms with Gasteiger partial charge in [-0.3, -0.25) is 9.69 Å². The van der Waals surface area contributed by atoms with Gasteiger partial charge in [-0.25, -0.2) is 0 Å². The number of nitrogens with zero attached hydrogens (tertiary/aromatic N) is 2. The molecule has 0 saturated carbocycles. The van der Waals surface area contributed by atoms with Crippen molar-refractivity contribution in [2.75, 3.05) is 26.2 Å². The first-order chi connectivity index (χ1) is 13.5. The number of carbonyl (C=O) groups is 1. The summed E-state index contributed by atoms with van der Waals surface area (Å²) in [5.41, 5.74) is 2.70. The van der Waals surface area contributed by atoms with E-state index >= 15 is 0 Å². The van der Waals surface area contributed by atoms with Crippen molar-refractivity contribution in [3.8, 4) is 11.1 Å². The Morgan fingerprint density at radius 2 is 2.07 bits per heavy atom. The second-order valence-electron chi connectivity index (χ2n) is 6.76. The maximum atomic E-state index is 11.1. The zero-order valence-corrected chi connectivity index (χ0v) is 16.9. The summed E-state index contributed by atoms with van der Waals surface area (Å²) in [5.74, 6) is -1.01. The van der Waals surface area contributed by atoms with Crippen molar-refractivity contribution >= 4 is 35.4 Å². The molecule has 0 aliphatic carbocycles. The summed E-state index contributed by atoms with van der Waals surface area (Å²) in [6, 6.07) is 13.2. The average Bonchev–Trinajstić information content (AvgIpc) is 2.68. The van der Waals surface area contributed by atoms with Crippen molar-refractivity contribution < 1.29 is 14.7 Å². The van der Waals surface area contributed by atoms with Gasteiger partial charge in [-0.15, -0.1) is 0 Å². The van der Waals surface area contributed by atoms with E-state index in [-0.39, 0.29) is 5.92 Å². The fourth-order valence-electron chi connectivity index (χ4n) is 3.34. The Hall–Kier alpha value is -2.08. The molecule has 0 amide bonds. The Morgan fingerprint density at radius 1 is 1.25 bits per heavy atom. The smallest absolute Gasteiger partial charge is 0.307 e. The number of likely N-dealkylation sites (tertiary alicyclic amines) is 1. The van der Waals surface area contributed by atoms with Gasteiger partial charge in [0.15, 0.2) is 0 Å². The maximum absolute atomic E-state index is 11.1. The van der Waals surface area contributed by atoms with Crippen LogP contribution in [0.4, 0.5) is 0 Å². The zero-order valence-electron chi connectivity index (χ0n) is 15.4. The van der Waals surface area contributed by atoms with Crippen molar-refractivity contribution in [3.05, 3.63) is 58.1 Å². The first kappa shape index (κ1) is 20.6. The molecule has 2 aromatic rings. The number of piperidine rings is 1. The Bertz CT molecular complexity index is 857. The molecule has 0 radical (unpaired) electrons. The van der Waals surface area contributed by atoms with Crippen molar-refractivity contribution in [2.45, 2.75) is 12.8 Å². The quantitative estimate of drug-likeness (QED) is 0.396. The van der Waals surface area contributed by atoms with Crippen molar-refractivity contribution in [1.82, 2.24) is 4.90 Å². The molecular formula is C21H22Cl2N2O3. The Kier molecular flexibility index (Phi) is 7.31. The monoisotopic (exact) mass is 420 g/mol. The topological polar surface area (TPSA) is 62.1 Å². The van der Waals surface area contributed by atoms with Crippen molar-refractivity contribution in [1.29, 1.82) is 0 Å². The van der Waals surface area contributed by atoms with Gasteiger partial charge in [0, 0.05) is 34.3 Å². The van der Waals surface area contributed by atoms with Crippen LogP contribution in [-0.4, -0.2) is 48.4 Å². The molecule has 1 saturated heterocycles. The number of hydrogen-bond donors (Lipinski definition) is 1. The van der Waals surface area contributed by atoms with Gasteiger partial charge in [-0.1, -0.05) is 58.7 Å². The highest BCUT2D eigenvalue weighted by molar-refractivity contribution is 6.36. The summed E-state index contributed by atoms with van der Waals surface area (Å²) in [4.78, 5) is 18.6. The maximum Gasteiger partial charge on any atom is 0.307 e. The molecule has 1 aliphatic heterocycles. The molecule has 0 aromatic heterocycles. The molecule has 3 rings (SSSR count). The van der Waals surface area contributed by atoms with Crippen LogP contribution in [0.5, 0.6) is 0 Å². The third-order valence-electron chi connectivity index (χ3n) is 4.80. The molecule has 7 heteroatoms. The van der Waals surface area contributed by atoms with Crippen LogP contribution in [0.2, 0.25) is 10.0 Å². The van der Waals surface area contributed by atoms with Gasteiger partial charge < -0.3 is 9.94 Å². The number of carboxylic acid groups (broad SMARTS) is 1. The minimum Gasteiger partial charge on any atom is -0.481 e. The van der Waals surface area contributed by atoms with Crippen LogP contribution in [-0.2, 0) is 9.63 Å². The van der Waals surface area contributed by atoms with Crippen molar-refractivity contribution in [3.63, 3.8) is 0 Å². The zero-order chi connectivity index (χ0) is 19.9. The second kappa shape index (κ2) is 9.92. The molecular weight excluding hydrogens is 399 g/mol. The Balaban J connectivity index is 1.57. The molecule has 1 heterocycles. The summed E-state index contributed by atoms with van der Waals surface area (Å²) >= 11 is 12.3. The lowest BCUT2D eigenvalue weighted by atomic mass is 9.98. The van der Waals surface area contributed by atoms with Crippen LogP contribution in [0.15, 0.2) is 47.6 Å². The van der Waals surface area contributed by atoms with E-state index in [4.69, 9.17) is 33.1 Å². The third-order valence-corrected chi connectivity index (χ3v) is 5.35. The largest absolute Gasteiger partial charge is 0.481 e. The van der Waals surface area contributed by atoms with Crippen LogP contribution >= 0.6 is 23.2 Å². The molecule has 1 unspecified atom stereocenters. The number of benzene rings is 2. The Morgan fingerprint density at radius 3 is 2.86 bits per heavy atom. The van der Waals surface area contributed by atoms with Crippen LogP contribution in [0.1, 0.15) is 18.4 Å². The molecule has 1 N–H and O–H groups in total. The van der Waals surface area contributed by atoms with Crippen molar-refractivity contribution in [2.24, 2.45) is 11.1 Å². The van der Waals surface area contributed by atoms with Crippen LogP contribution in [0, 0.1) is 5.92 Å². The molecule has 1 atom stereocenters. The predicted molar refractivity (Wildman–Crippen MR) is 112 cm³/mol. The fraction of sp³-hybridized carbons (Fsp3) is 0.333. The molecule has 148 valence electrons. The van der Waals surface area contributed by atoms with E-state index in [1.54, 1.807) is 18.3 Å². The van der Waals surface area contributed by atoms with Gasteiger partial charge in [-0.2, -0.15) is 0 Å².